The van der Waals surface area contributed by atoms with Gasteiger partial charge in [0, 0.05) is 55.0 Å². The fraction of sp³-hybridized carbons (Fsp3) is 0.590. The zero-order valence-corrected chi connectivity index (χ0v) is 31.4. The van der Waals surface area contributed by atoms with E-state index in [1.54, 1.807) is 25.1 Å². The van der Waals surface area contributed by atoms with Gasteiger partial charge < -0.3 is 19.3 Å². The molecule has 0 aromatic heterocycles. The molecule has 9 nitrogen and oxygen atoms in total. The van der Waals surface area contributed by atoms with Crippen molar-refractivity contribution in [1.29, 1.82) is 0 Å². The molecule has 2 fully saturated rings. The molecule has 2 aromatic rings. The molecule has 1 saturated heterocycles. The normalized spacial score (nSPS) is 31.9. The lowest BCUT2D eigenvalue weighted by atomic mass is 9.68. The van der Waals surface area contributed by atoms with Gasteiger partial charge in [-0.25, -0.2) is 21.9 Å². The van der Waals surface area contributed by atoms with Crippen LogP contribution in [0.15, 0.2) is 48.6 Å². The van der Waals surface area contributed by atoms with Gasteiger partial charge in [0.05, 0.1) is 23.6 Å². The largest absolute Gasteiger partial charge is 0.490 e. The third-order valence-corrected chi connectivity index (χ3v) is 14.4. The number of hydrogen-bond acceptors (Lipinski definition) is 7. The summed E-state index contributed by atoms with van der Waals surface area (Å²) < 4.78 is 69.7. The lowest BCUT2D eigenvalue weighted by Gasteiger charge is -2.46. The predicted molar refractivity (Wildman–Crippen MR) is 196 cm³/mol. The minimum atomic E-state index is -4.02. The number of nitrogens with zero attached hydrogens (tertiary/aromatic N) is 2. The van der Waals surface area contributed by atoms with Crippen molar-refractivity contribution in [2.24, 2.45) is 17.8 Å². The number of anilines is 1. The van der Waals surface area contributed by atoms with Gasteiger partial charge in [-0.3, -0.25) is 9.59 Å². The standard InChI is InChI=1S/C39H48ClF2N3O6S/c1-25-5-3-7-34(50-22-36(46)44-17-15-39(41,42)16-18-44)31-11-8-29(31)21-45-23-38(14-4-6-27-19-30(40)10-12-32(27)38)24-51-35-13-9-28(20-33(35)45)37(47)43-52(48,49)26(25)2/h3,7,9-10,12-13,19-20,25-26,29,31,34H,4-6,8,11,14-18,21-24H2,1-2H3,(H,43,47)/b7-3+/t25-,26+,29-,31+,34-,38-/m0/s1. The highest BCUT2D eigenvalue weighted by molar-refractivity contribution is 7.90. The van der Waals surface area contributed by atoms with Crippen LogP contribution >= 0.6 is 11.6 Å². The Labute approximate surface area is 310 Å². The average Bonchev–Trinajstić information content (AvgIpc) is 3.24. The van der Waals surface area contributed by atoms with Crippen LogP contribution in [0.1, 0.15) is 80.3 Å². The maximum Gasteiger partial charge on any atom is 0.264 e. The number of fused-ring (bicyclic) bond motifs is 4. The summed E-state index contributed by atoms with van der Waals surface area (Å²) in [6.07, 6.45) is 7.74. The van der Waals surface area contributed by atoms with Crippen molar-refractivity contribution in [2.75, 3.05) is 44.3 Å². The van der Waals surface area contributed by atoms with Crippen LogP contribution in [-0.4, -0.2) is 81.8 Å². The van der Waals surface area contributed by atoms with Gasteiger partial charge in [-0.2, -0.15) is 0 Å². The number of halogens is 3. The number of piperidine rings is 1. The number of amides is 2. The average molecular weight is 760 g/mol. The van der Waals surface area contributed by atoms with Gasteiger partial charge in [0.15, 0.2) is 0 Å². The Morgan fingerprint density at radius 3 is 2.63 bits per heavy atom. The van der Waals surface area contributed by atoms with E-state index in [2.05, 4.69) is 15.7 Å². The molecular weight excluding hydrogens is 712 g/mol. The first-order chi connectivity index (χ1) is 24.7. The summed E-state index contributed by atoms with van der Waals surface area (Å²) in [6.45, 7) is 4.88. The molecule has 2 bridgehead atoms. The van der Waals surface area contributed by atoms with E-state index < -0.39 is 33.2 Å². The van der Waals surface area contributed by atoms with Crippen molar-refractivity contribution in [1.82, 2.24) is 9.62 Å². The molecule has 2 amide bonds. The molecule has 2 aromatic carbocycles. The maximum absolute atomic E-state index is 13.8. The van der Waals surface area contributed by atoms with Crippen molar-refractivity contribution in [3.63, 3.8) is 0 Å². The van der Waals surface area contributed by atoms with Crippen LogP contribution in [0.4, 0.5) is 14.5 Å². The Hall–Kier alpha value is -3.22. The molecule has 3 heterocycles. The number of likely N-dealkylation sites (tertiary alicyclic amines) is 1. The predicted octanol–water partition coefficient (Wildman–Crippen LogP) is 6.53. The van der Waals surface area contributed by atoms with Gasteiger partial charge in [-0.15, -0.1) is 0 Å². The molecule has 13 heteroatoms. The molecule has 52 heavy (non-hydrogen) atoms. The zero-order valence-electron chi connectivity index (χ0n) is 29.8. The van der Waals surface area contributed by atoms with Crippen LogP contribution in [0, 0.1) is 17.8 Å². The molecular formula is C39H48ClF2N3O6S. The van der Waals surface area contributed by atoms with E-state index >= 15 is 0 Å². The fourth-order valence-electron chi connectivity index (χ4n) is 8.66. The number of sulfonamides is 1. The topological polar surface area (TPSA) is 105 Å². The van der Waals surface area contributed by atoms with Gasteiger partial charge in [0.25, 0.3) is 11.8 Å². The van der Waals surface area contributed by atoms with Crippen LogP contribution in [0.3, 0.4) is 0 Å². The van der Waals surface area contributed by atoms with Crippen LogP contribution in [0.5, 0.6) is 5.75 Å². The number of ether oxygens (including phenoxy) is 2. The quantitative estimate of drug-likeness (QED) is 0.355. The second-order valence-corrected chi connectivity index (χ2v) is 18.1. The van der Waals surface area contributed by atoms with Crippen molar-refractivity contribution in [2.45, 2.75) is 87.9 Å². The minimum absolute atomic E-state index is 0.00230. The summed E-state index contributed by atoms with van der Waals surface area (Å²) >= 11 is 6.44. The highest BCUT2D eigenvalue weighted by Crippen LogP contribution is 2.47. The van der Waals surface area contributed by atoms with Crippen molar-refractivity contribution in [3.05, 3.63) is 70.3 Å². The molecule has 2 aliphatic carbocycles. The van der Waals surface area contributed by atoms with E-state index in [1.165, 1.54) is 16.0 Å². The molecule has 1 N–H and O–H groups in total. The number of benzene rings is 2. The number of allylic oxidation sites excluding steroid dienone is 1. The smallest absolute Gasteiger partial charge is 0.264 e. The molecule has 7 rings (SSSR count). The lowest BCUT2D eigenvalue weighted by molar-refractivity contribution is -0.145. The fourth-order valence-corrected chi connectivity index (χ4v) is 10.1. The van der Waals surface area contributed by atoms with Gasteiger partial charge in [0.1, 0.15) is 12.4 Å². The highest BCUT2D eigenvalue weighted by atomic mass is 35.5. The number of hydrogen-bond donors (Lipinski definition) is 1. The van der Waals surface area contributed by atoms with Crippen molar-refractivity contribution >= 4 is 39.1 Å². The van der Waals surface area contributed by atoms with Crippen molar-refractivity contribution in [3.8, 4) is 5.75 Å². The minimum Gasteiger partial charge on any atom is -0.490 e. The van der Waals surface area contributed by atoms with Crippen molar-refractivity contribution < 1.29 is 36.3 Å². The lowest BCUT2D eigenvalue weighted by Crippen LogP contribution is -2.50. The van der Waals surface area contributed by atoms with Crippen LogP contribution in [0.2, 0.25) is 5.02 Å². The first kappa shape index (κ1) is 37.1. The summed E-state index contributed by atoms with van der Waals surface area (Å²) in [5, 5.41) is -0.176. The zero-order chi connectivity index (χ0) is 36.8. The van der Waals surface area contributed by atoms with E-state index in [0.717, 1.165) is 37.8 Å². The van der Waals surface area contributed by atoms with E-state index in [-0.39, 0.29) is 67.2 Å². The number of aryl methyl sites for hydroxylation is 1. The first-order valence-electron chi connectivity index (χ1n) is 18.5. The van der Waals surface area contributed by atoms with Gasteiger partial charge in [0.2, 0.25) is 15.9 Å². The summed E-state index contributed by atoms with van der Waals surface area (Å²) in [4.78, 5) is 30.4. The Balaban J connectivity index is 1.22. The number of carbonyl (C=O) groups excluding carboxylic acids is 2. The first-order valence-corrected chi connectivity index (χ1v) is 20.5. The second kappa shape index (κ2) is 14.5. The second-order valence-electron chi connectivity index (χ2n) is 15.6. The molecule has 1 spiro atoms. The number of carbonyl (C=O) groups is 2. The Morgan fingerprint density at radius 2 is 1.88 bits per heavy atom. The Morgan fingerprint density at radius 1 is 1.10 bits per heavy atom. The third kappa shape index (κ3) is 7.57. The summed E-state index contributed by atoms with van der Waals surface area (Å²) in [7, 11) is -4.02. The summed E-state index contributed by atoms with van der Waals surface area (Å²) in [5.41, 5.74) is 3.03. The van der Waals surface area contributed by atoms with E-state index in [1.807, 2.05) is 31.2 Å². The SMILES string of the molecule is C[C@@H]1[C@@H](C)C/C=C/[C@H](OCC(=O)N2CCC(F)(F)CC2)[C@@H]2CC[C@H]2CN2C[C@@]3(CCCc4cc(Cl)ccc43)COc3ccc(cc32)C(=O)NS1(=O)=O. The van der Waals surface area contributed by atoms with E-state index in [0.29, 0.717) is 36.9 Å². The van der Waals surface area contributed by atoms with Crippen LogP contribution in [0.25, 0.3) is 0 Å². The molecule has 1 saturated carbocycles. The molecule has 0 unspecified atom stereocenters. The molecule has 6 atom stereocenters. The maximum atomic E-state index is 13.8. The molecule has 282 valence electrons. The Kier molecular flexibility index (Phi) is 10.4. The summed E-state index contributed by atoms with van der Waals surface area (Å²) in [5.74, 6) is -3.21. The van der Waals surface area contributed by atoms with E-state index in [4.69, 9.17) is 21.1 Å². The van der Waals surface area contributed by atoms with Crippen LogP contribution in [-0.2, 0) is 31.4 Å². The van der Waals surface area contributed by atoms with Crippen LogP contribution < -0.4 is 14.4 Å². The van der Waals surface area contributed by atoms with E-state index in [9.17, 15) is 26.8 Å². The van der Waals surface area contributed by atoms with Gasteiger partial charge in [-0.05, 0) is 105 Å². The number of rotatable bonds is 3. The highest BCUT2D eigenvalue weighted by Gasteiger charge is 2.45. The monoisotopic (exact) mass is 759 g/mol. The molecule has 0 radical (unpaired) electrons. The summed E-state index contributed by atoms with van der Waals surface area (Å²) in [6, 6.07) is 11.2. The number of alkyl halides is 2. The molecule has 3 aliphatic heterocycles. The van der Waals surface area contributed by atoms with Gasteiger partial charge in [-0.1, -0.05) is 36.7 Å². The third-order valence-electron chi connectivity index (χ3n) is 12.3. The number of nitrogens with one attached hydrogen (secondary N) is 1. The van der Waals surface area contributed by atoms with Gasteiger partial charge >= 0.3 is 0 Å². The molecule has 5 aliphatic rings. The Bertz CT molecular complexity index is 1830.